The highest BCUT2D eigenvalue weighted by Crippen LogP contribution is 2.17. The van der Waals surface area contributed by atoms with Crippen LogP contribution in [-0.4, -0.2) is 44.9 Å². The summed E-state index contributed by atoms with van der Waals surface area (Å²) in [4.78, 5) is 13.8. The number of aliphatic hydroxyl groups excluding tert-OH is 1. The topological polar surface area (TPSA) is 58.4 Å². The van der Waals surface area contributed by atoms with Gasteiger partial charge in [-0.25, -0.2) is 0 Å². The van der Waals surface area contributed by atoms with Gasteiger partial charge in [-0.3, -0.25) is 9.48 Å². The van der Waals surface area contributed by atoms with Gasteiger partial charge in [-0.2, -0.15) is 5.10 Å². The van der Waals surface area contributed by atoms with E-state index in [0.717, 1.165) is 31.5 Å². The maximum Gasteiger partial charge on any atom is 0.246 e. The fourth-order valence-electron chi connectivity index (χ4n) is 2.28. The largest absolute Gasteiger partial charge is 0.394 e. The molecule has 1 N–H and O–H groups in total. The standard InChI is InChI=1S/C13H19N3O2/c1-15-11(7-8-14-15)5-6-13(18)16-9-3-2-4-12(16)10-17/h5-8,12,17H,2-4,9-10H2,1H3/b6-5+. The molecule has 1 aliphatic rings. The number of nitrogens with zero attached hydrogens (tertiary/aromatic N) is 3. The molecule has 1 aromatic rings. The van der Waals surface area contributed by atoms with Crippen LogP contribution >= 0.6 is 0 Å². The van der Waals surface area contributed by atoms with E-state index >= 15 is 0 Å². The summed E-state index contributed by atoms with van der Waals surface area (Å²) in [5.74, 6) is -0.0325. The van der Waals surface area contributed by atoms with Crippen molar-refractivity contribution < 1.29 is 9.90 Å². The van der Waals surface area contributed by atoms with E-state index in [1.165, 1.54) is 0 Å². The Labute approximate surface area is 107 Å². The predicted molar refractivity (Wildman–Crippen MR) is 68.7 cm³/mol. The molecule has 1 aliphatic heterocycles. The molecule has 98 valence electrons. The van der Waals surface area contributed by atoms with Gasteiger partial charge in [-0.05, 0) is 31.4 Å². The van der Waals surface area contributed by atoms with Gasteiger partial charge in [-0.1, -0.05) is 0 Å². The number of hydrogen-bond acceptors (Lipinski definition) is 3. The molecule has 1 amide bonds. The molecule has 1 saturated heterocycles. The highest BCUT2D eigenvalue weighted by atomic mass is 16.3. The van der Waals surface area contributed by atoms with Crippen molar-refractivity contribution >= 4 is 12.0 Å². The Bertz CT molecular complexity index is 439. The molecule has 0 bridgehead atoms. The van der Waals surface area contributed by atoms with E-state index in [9.17, 15) is 9.90 Å². The van der Waals surface area contributed by atoms with Gasteiger partial charge < -0.3 is 10.0 Å². The molecule has 2 rings (SSSR count). The second-order valence-corrected chi connectivity index (χ2v) is 4.58. The van der Waals surface area contributed by atoms with Gasteiger partial charge in [0, 0.05) is 25.9 Å². The molecule has 5 heteroatoms. The lowest BCUT2D eigenvalue weighted by molar-refractivity contribution is -0.130. The number of aliphatic hydroxyl groups is 1. The fraction of sp³-hybridized carbons (Fsp3) is 0.538. The smallest absolute Gasteiger partial charge is 0.246 e. The zero-order chi connectivity index (χ0) is 13.0. The molecule has 2 heterocycles. The van der Waals surface area contributed by atoms with Crippen LogP contribution in [0.1, 0.15) is 25.0 Å². The summed E-state index contributed by atoms with van der Waals surface area (Å²) in [6.45, 7) is 0.783. The van der Waals surface area contributed by atoms with Gasteiger partial charge in [0.05, 0.1) is 18.3 Å². The van der Waals surface area contributed by atoms with Crippen LogP contribution in [0.2, 0.25) is 0 Å². The zero-order valence-corrected chi connectivity index (χ0v) is 10.6. The van der Waals surface area contributed by atoms with Gasteiger partial charge >= 0.3 is 0 Å². The van der Waals surface area contributed by atoms with Crippen molar-refractivity contribution in [3.05, 3.63) is 24.0 Å². The van der Waals surface area contributed by atoms with Gasteiger partial charge in [-0.15, -0.1) is 0 Å². The second-order valence-electron chi connectivity index (χ2n) is 4.58. The average Bonchev–Trinajstić information content (AvgIpc) is 2.81. The minimum absolute atomic E-state index is 0.0255. The molecule has 5 nitrogen and oxygen atoms in total. The number of carbonyl (C=O) groups is 1. The van der Waals surface area contributed by atoms with Gasteiger partial charge in [0.15, 0.2) is 0 Å². The molecule has 1 atom stereocenters. The Morgan fingerprint density at radius 1 is 1.61 bits per heavy atom. The first-order valence-electron chi connectivity index (χ1n) is 6.30. The van der Waals surface area contributed by atoms with Crippen LogP contribution < -0.4 is 0 Å². The summed E-state index contributed by atoms with van der Waals surface area (Å²) >= 11 is 0. The van der Waals surface area contributed by atoms with Crippen molar-refractivity contribution in [2.75, 3.05) is 13.2 Å². The van der Waals surface area contributed by atoms with E-state index < -0.39 is 0 Å². The number of aryl methyl sites for hydroxylation is 1. The lowest BCUT2D eigenvalue weighted by Crippen LogP contribution is -2.44. The molecular formula is C13H19N3O2. The first-order chi connectivity index (χ1) is 8.72. The van der Waals surface area contributed by atoms with E-state index in [1.807, 2.05) is 13.1 Å². The Kier molecular flexibility index (Phi) is 4.15. The highest BCUT2D eigenvalue weighted by molar-refractivity contribution is 5.91. The molecule has 0 spiro atoms. The lowest BCUT2D eigenvalue weighted by atomic mass is 10.0. The van der Waals surface area contributed by atoms with Crippen molar-refractivity contribution in [3.8, 4) is 0 Å². The lowest BCUT2D eigenvalue weighted by Gasteiger charge is -2.33. The molecule has 0 aromatic carbocycles. The van der Waals surface area contributed by atoms with Gasteiger partial charge in [0.25, 0.3) is 0 Å². The van der Waals surface area contributed by atoms with Crippen molar-refractivity contribution in [2.24, 2.45) is 7.05 Å². The van der Waals surface area contributed by atoms with E-state index in [2.05, 4.69) is 5.10 Å². The SMILES string of the molecule is Cn1nccc1/C=C/C(=O)N1CCCCC1CO. The summed E-state index contributed by atoms with van der Waals surface area (Å²) in [7, 11) is 1.83. The number of hydrogen-bond donors (Lipinski definition) is 1. The third kappa shape index (κ3) is 2.79. The molecule has 0 aliphatic carbocycles. The number of rotatable bonds is 3. The van der Waals surface area contributed by atoms with Crippen molar-refractivity contribution in [2.45, 2.75) is 25.3 Å². The fourth-order valence-corrected chi connectivity index (χ4v) is 2.28. The molecular weight excluding hydrogens is 230 g/mol. The normalized spacial score (nSPS) is 20.6. The third-order valence-corrected chi connectivity index (χ3v) is 3.38. The summed E-state index contributed by atoms with van der Waals surface area (Å²) < 4.78 is 1.71. The van der Waals surface area contributed by atoms with Crippen LogP contribution in [-0.2, 0) is 11.8 Å². The maximum atomic E-state index is 12.1. The average molecular weight is 249 g/mol. The summed E-state index contributed by atoms with van der Waals surface area (Å²) in [5.41, 5.74) is 0.890. The molecule has 1 unspecified atom stereocenters. The third-order valence-electron chi connectivity index (χ3n) is 3.38. The molecule has 1 aromatic heterocycles. The van der Waals surface area contributed by atoms with Crippen molar-refractivity contribution in [1.29, 1.82) is 0 Å². The Morgan fingerprint density at radius 3 is 3.11 bits per heavy atom. The summed E-state index contributed by atoms with van der Waals surface area (Å²) in [6.07, 6.45) is 8.01. The summed E-state index contributed by atoms with van der Waals surface area (Å²) in [6, 6.07) is 1.83. The Hall–Kier alpha value is -1.62. The van der Waals surface area contributed by atoms with E-state index in [4.69, 9.17) is 0 Å². The van der Waals surface area contributed by atoms with E-state index in [1.54, 1.807) is 27.9 Å². The van der Waals surface area contributed by atoms with Crippen LogP contribution in [0.25, 0.3) is 6.08 Å². The minimum Gasteiger partial charge on any atom is -0.394 e. The number of carbonyl (C=O) groups excluding carboxylic acids is 1. The number of aromatic nitrogens is 2. The van der Waals surface area contributed by atoms with Crippen LogP contribution in [0.5, 0.6) is 0 Å². The predicted octanol–water partition coefficient (Wildman–Crippen LogP) is 0.807. The molecule has 18 heavy (non-hydrogen) atoms. The van der Waals surface area contributed by atoms with Crippen molar-refractivity contribution in [3.63, 3.8) is 0 Å². The van der Waals surface area contributed by atoms with E-state index in [0.29, 0.717) is 0 Å². The van der Waals surface area contributed by atoms with Crippen LogP contribution in [0.15, 0.2) is 18.3 Å². The molecule has 1 fully saturated rings. The Balaban J connectivity index is 2.02. The summed E-state index contributed by atoms with van der Waals surface area (Å²) in [5, 5.41) is 13.3. The first-order valence-corrected chi connectivity index (χ1v) is 6.30. The van der Waals surface area contributed by atoms with E-state index in [-0.39, 0.29) is 18.6 Å². The highest BCUT2D eigenvalue weighted by Gasteiger charge is 2.24. The monoisotopic (exact) mass is 249 g/mol. The van der Waals surface area contributed by atoms with Crippen LogP contribution in [0.4, 0.5) is 0 Å². The van der Waals surface area contributed by atoms with Crippen LogP contribution in [0, 0.1) is 0 Å². The van der Waals surface area contributed by atoms with Gasteiger partial charge in [0.1, 0.15) is 0 Å². The Morgan fingerprint density at radius 2 is 2.44 bits per heavy atom. The number of amides is 1. The first kappa shape index (κ1) is 12.8. The van der Waals surface area contributed by atoms with Crippen molar-refractivity contribution in [1.82, 2.24) is 14.7 Å². The number of piperidine rings is 1. The number of likely N-dealkylation sites (tertiary alicyclic amines) is 1. The molecule has 0 radical (unpaired) electrons. The van der Waals surface area contributed by atoms with Crippen LogP contribution in [0.3, 0.4) is 0 Å². The maximum absolute atomic E-state index is 12.1. The second kappa shape index (κ2) is 5.82. The minimum atomic E-state index is -0.0325. The quantitative estimate of drug-likeness (QED) is 0.806. The molecule has 0 saturated carbocycles. The van der Waals surface area contributed by atoms with Gasteiger partial charge in [0.2, 0.25) is 5.91 Å². The zero-order valence-electron chi connectivity index (χ0n) is 10.6.